The number of amides is 3. The molecule has 0 saturated carbocycles. The Bertz CT molecular complexity index is 854. The third kappa shape index (κ3) is 3.45. The van der Waals surface area contributed by atoms with Crippen molar-refractivity contribution in [2.75, 3.05) is 19.5 Å². The molecule has 0 bridgehead atoms. The van der Waals surface area contributed by atoms with Gasteiger partial charge in [-0.15, -0.1) is 23.1 Å². The molecule has 0 radical (unpaired) electrons. The summed E-state index contributed by atoms with van der Waals surface area (Å²) in [5, 5.41) is 13.2. The number of carboxylic acids is 1. The lowest BCUT2D eigenvalue weighted by atomic mass is 9.98. The van der Waals surface area contributed by atoms with Gasteiger partial charge in [-0.1, -0.05) is 6.07 Å². The highest BCUT2D eigenvalue weighted by Crippen LogP contribution is 2.46. The number of β-lactam (4-membered cyclic amide) rings is 1. The average Bonchev–Trinajstić information content (AvgIpc) is 3.15. The standard InChI is InChI=1S/C16H17N3O7S2/c1-25-16(18-10(20)5-9-3-2-4-27-9)13(23)19-11(12(21)22)8(6-26-15(17)24)7-28-14(16)19/h2-4,14H,5-7H2,1H3,(H2,17,24)(H,18,20)(H,21,22)/t14?,16-/m0/s1. The Morgan fingerprint density at radius 2 is 2.21 bits per heavy atom. The van der Waals surface area contributed by atoms with Crippen molar-refractivity contribution in [2.24, 2.45) is 5.73 Å². The summed E-state index contributed by atoms with van der Waals surface area (Å²) in [6.07, 6.45) is -0.973. The minimum absolute atomic E-state index is 0.0762. The van der Waals surface area contributed by atoms with Gasteiger partial charge in [0.15, 0.2) is 0 Å². The molecule has 0 spiro atoms. The number of hydrogen-bond acceptors (Lipinski definition) is 8. The molecule has 1 aromatic heterocycles. The number of hydrogen-bond donors (Lipinski definition) is 3. The predicted molar refractivity (Wildman–Crippen MR) is 99.2 cm³/mol. The number of thiophene rings is 1. The summed E-state index contributed by atoms with van der Waals surface area (Å²) in [6.45, 7) is -0.342. The van der Waals surface area contributed by atoms with Gasteiger partial charge < -0.3 is 25.6 Å². The van der Waals surface area contributed by atoms with Crippen molar-refractivity contribution in [1.82, 2.24) is 10.2 Å². The lowest BCUT2D eigenvalue weighted by Gasteiger charge is -2.55. The number of carbonyl (C=O) groups is 4. The van der Waals surface area contributed by atoms with Crippen molar-refractivity contribution in [2.45, 2.75) is 17.5 Å². The van der Waals surface area contributed by atoms with E-state index < -0.39 is 35.0 Å². The Hall–Kier alpha value is -2.57. The summed E-state index contributed by atoms with van der Waals surface area (Å²) >= 11 is 2.60. The first kappa shape index (κ1) is 20.2. The summed E-state index contributed by atoms with van der Waals surface area (Å²) in [5.74, 6) is -2.31. The molecule has 1 aromatic rings. The molecular weight excluding hydrogens is 410 g/mol. The molecule has 2 aliphatic heterocycles. The Labute approximate surface area is 167 Å². The van der Waals surface area contributed by atoms with E-state index in [1.807, 2.05) is 11.4 Å². The third-order valence-electron chi connectivity index (χ3n) is 4.26. The molecule has 0 aromatic carbocycles. The van der Waals surface area contributed by atoms with Crippen LogP contribution in [0, 0.1) is 0 Å². The van der Waals surface area contributed by atoms with Gasteiger partial charge in [-0.05, 0) is 11.4 Å². The molecule has 150 valence electrons. The number of carboxylic acid groups (broad SMARTS) is 1. The van der Waals surface area contributed by atoms with Gasteiger partial charge in [-0.3, -0.25) is 14.5 Å². The SMILES string of the molecule is CO[C@@]1(NC(=O)Cc2cccs2)C(=O)N2C(C(=O)O)=C(COC(N)=O)CSC21. The van der Waals surface area contributed by atoms with Crippen LogP contribution in [0.25, 0.3) is 0 Å². The van der Waals surface area contributed by atoms with Crippen molar-refractivity contribution in [3.05, 3.63) is 33.7 Å². The topological polar surface area (TPSA) is 148 Å². The summed E-state index contributed by atoms with van der Waals surface area (Å²) in [4.78, 5) is 49.6. The zero-order chi connectivity index (χ0) is 20.5. The number of thioether (sulfide) groups is 1. The number of methoxy groups -OCH3 is 1. The van der Waals surface area contributed by atoms with E-state index in [0.717, 1.165) is 9.78 Å². The smallest absolute Gasteiger partial charge is 0.404 e. The fourth-order valence-electron chi connectivity index (χ4n) is 3.04. The molecule has 1 fully saturated rings. The van der Waals surface area contributed by atoms with Crippen LogP contribution in [0.4, 0.5) is 4.79 Å². The highest BCUT2D eigenvalue weighted by Gasteiger charge is 2.66. The van der Waals surface area contributed by atoms with Crippen LogP contribution >= 0.6 is 23.1 Å². The zero-order valence-electron chi connectivity index (χ0n) is 14.7. The molecule has 1 saturated heterocycles. The molecule has 2 aliphatic rings. The monoisotopic (exact) mass is 427 g/mol. The number of nitrogens with zero attached hydrogens (tertiary/aromatic N) is 1. The quantitative estimate of drug-likeness (QED) is 0.410. The van der Waals surface area contributed by atoms with Crippen LogP contribution in [0.15, 0.2) is 28.8 Å². The van der Waals surface area contributed by atoms with Crippen LogP contribution in [0.3, 0.4) is 0 Å². The molecule has 2 atom stereocenters. The second-order valence-corrected chi connectivity index (χ2v) is 8.05. The van der Waals surface area contributed by atoms with Crippen LogP contribution in [0.2, 0.25) is 0 Å². The number of nitrogens with two attached hydrogens (primary N) is 1. The number of nitrogens with one attached hydrogen (secondary N) is 1. The zero-order valence-corrected chi connectivity index (χ0v) is 16.3. The molecule has 1 unspecified atom stereocenters. The van der Waals surface area contributed by atoms with Gasteiger partial charge in [0.25, 0.3) is 11.6 Å². The maximum atomic E-state index is 12.8. The summed E-state index contributed by atoms with van der Waals surface area (Å²) in [5.41, 5.74) is 3.20. The van der Waals surface area contributed by atoms with Crippen molar-refractivity contribution in [3.8, 4) is 0 Å². The van der Waals surface area contributed by atoms with E-state index in [1.165, 1.54) is 30.2 Å². The minimum atomic E-state index is -1.66. The fraction of sp³-hybridized carbons (Fsp3) is 0.375. The maximum Gasteiger partial charge on any atom is 0.404 e. The van der Waals surface area contributed by atoms with Gasteiger partial charge in [0, 0.05) is 23.3 Å². The summed E-state index contributed by atoms with van der Waals surface area (Å²) in [7, 11) is 1.27. The van der Waals surface area contributed by atoms with E-state index in [9.17, 15) is 24.3 Å². The Morgan fingerprint density at radius 1 is 1.46 bits per heavy atom. The Morgan fingerprint density at radius 3 is 2.79 bits per heavy atom. The van der Waals surface area contributed by atoms with Gasteiger partial charge in [0.05, 0.1) is 6.42 Å². The number of ether oxygens (including phenoxy) is 2. The highest BCUT2D eigenvalue weighted by atomic mass is 32.2. The van der Waals surface area contributed by atoms with Gasteiger partial charge >= 0.3 is 12.1 Å². The lowest BCUT2D eigenvalue weighted by Crippen LogP contribution is -2.80. The first-order chi connectivity index (χ1) is 13.3. The first-order valence-corrected chi connectivity index (χ1v) is 9.94. The van der Waals surface area contributed by atoms with Crippen LogP contribution in [-0.2, 0) is 30.3 Å². The average molecular weight is 427 g/mol. The number of aliphatic carboxylic acids is 1. The predicted octanol–water partition coefficient (Wildman–Crippen LogP) is 0.0986. The van der Waals surface area contributed by atoms with E-state index in [0.29, 0.717) is 0 Å². The molecule has 3 amide bonds. The molecule has 28 heavy (non-hydrogen) atoms. The minimum Gasteiger partial charge on any atom is -0.477 e. The number of rotatable bonds is 7. The third-order valence-corrected chi connectivity index (χ3v) is 6.51. The van der Waals surface area contributed by atoms with Gasteiger partial charge in [0.1, 0.15) is 17.7 Å². The van der Waals surface area contributed by atoms with E-state index in [1.54, 1.807) is 6.07 Å². The van der Waals surface area contributed by atoms with E-state index in [4.69, 9.17) is 10.5 Å². The van der Waals surface area contributed by atoms with E-state index >= 15 is 0 Å². The van der Waals surface area contributed by atoms with E-state index in [2.05, 4.69) is 10.1 Å². The maximum absolute atomic E-state index is 12.8. The summed E-state index contributed by atoms with van der Waals surface area (Å²) < 4.78 is 10.0. The fourth-order valence-corrected chi connectivity index (χ4v) is 5.16. The Kier molecular flexibility index (Phi) is 5.63. The molecular formula is C16H17N3O7S2. The van der Waals surface area contributed by atoms with Crippen LogP contribution < -0.4 is 11.1 Å². The lowest BCUT2D eigenvalue weighted by molar-refractivity contribution is -0.192. The molecule has 3 rings (SSSR count). The Balaban J connectivity index is 1.81. The number of carbonyl (C=O) groups excluding carboxylic acids is 3. The van der Waals surface area contributed by atoms with Crippen molar-refractivity contribution < 1.29 is 33.8 Å². The molecule has 3 heterocycles. The highest BCUT2D eigenvalue weighted by molar-refractivity contribution is 8.00. The van der Waals surface area contributed by atoms with Gasteiger partial charge in [-0.25, -0.2) is 9.59 Å². The second-order valence-electron chi connectivity index (χ2n) is 5.95. The van der Waals surface area contributed by atoms with Crippen LogP contribution in [0.1, 0.15) is 4.88 Å². The number of primary amides is 1. The molecule has 4 N–H and O–H groups in total. The van der Waals surface area contributed by atoms with Crippen molar-refractivity contribution in [3.63, 3.8) is 0 Å². The number of fused-ring (bicyclic) bond motifs is 1. The second kappa shape index (κ2) is 7.81. The first-order valence-electron chi connectivity index (χ1n) is 8.01. The molecule has 0 aliphatic carbocycles. The van der Waals surface area contributed by atoms with E-state index in [-0.39, 0.29) is 30.1 Å². The van der Waals surface area contributed by atoms with Gasteiger partial charge in [-0.2, -0.15) is 0 Å². The normalized spacial score (nSPS) is 23.7. The van der Waals surface area contributed by atoms with Crippen molar-refractivity contribution in [1.29, 1.82) is 0 Å². The van der Waals surface area contributed by atoms with Crippen LogP contribution in [0.5, 0.6) is 0 Å². The van der Waals surface area contributed by atoms with Gasteiger partial charge in [0.2, 0.25) is 5.91 Å². The largest absolute Gasteiger partial charge is 0.477 e. The molecule has 10 nitrogen and oxygen atoms in total. The molecule has 12 heteroatoms. The van der Waals surface area contributed by atoms with Crippen LogP contribution in [-0.4, -0.2) is 64.5 Å². The van der Waals surface area contributed by atoms with Crippen molar-refractivity contribution >= 4 is 47.0 Å². The summed E-state index contributed by atoms with van der Waals surface area (Å²) in [6, 6.07) is 3.61.